The zero-order valence-corrected chi connectivity index (χ0v) is 11.3. The maximum Gasteiger partial charge on any atom is 0.243 e. The van der Waals surface area contributed by atoms with Gasteiger partial charge in [0.15, 0.2) is 0 Å². The molecule has 0 heterocycles. The normalized spacial score (nSPS) is 12.4. The second-order valence-electron chi connectivity index (χ2n) is 4.70. The van der Waals surface area contributed by atoms with Crippen LogP contribution in [0.15, 0.2) is 23.1 Å². The molecule has 106 valence electrons. The Labute approximate surface area is 110 Å². The van der Waals surface area contributed by atoms with Crippen LogP contribution in [0.1, 0.15) is 13.8 Å². The summed E-state index contributed by atoms with van der Waals surface area (Å²) in [7, 11) is -4.20. The number of sulfonamides is 1. The van der Waals surface area contributed by atoms with Crippen molar-refractivity contribution in [2.24, 2.45) is 11.1 Å². The van der Waals surface area contributed by atoms with E-state index in [2.05, 4.69) is 4.72 Å². The standard InChI is InChI=1S/C11H15F2N3O2S/c1-11(2,10(14)15)6-16-19(17,18)9-5-7(12)3-4-8(9)13/h3-5,16H,6H2,1-2H3,(H3,14,15). The number of nitrogens with two attached hydrogens (primary N) is 1. The molecule has 0 spiro atoms. The van der Waals surface area contributed by atoms with E-state index in [1.807, 2.05) is 0 Å². The van der Waals surface area contributed by atoms with Gasteiger partial charge in [-0.3, -0.25) is 5.41 Å². The van der Waals surface area contributed by atoms with E-state index in [1.54, 1.807) is 13.8 Å². The van der Waals surface area contributed by atoms with Gasteiger partial charge in [0.1, 0.15) is 16.5 Å². The largest absolute Gasteiger partial charge is 0.387 e. The molecule has 1 rings (SSSR count). The highest BCUT2D eigenvalue weighted by molar-refractivity contribution is 7.89. The minimum Gasteiger partial charge on any atom is -0.387 e. The molecule has 0 radical (unpaired) electrons. The summed E-state index contributed by atoms with van der Waals surface area (Å²) in [5.41, 5.74) is 4.39. The molecule has 0 aliphatic heterocycles. The van der Waals surface area contributed by atoms with Gasteiger partial charge in [0.25, 0.3) is 0 Å². The number of nitrogens with one attached hydrogen (secondary N) is 2. The number of amidine groups is 1. The molecule has 0 amide bonds. The molecule has 0 atom stereocenters. The summed E-state index contributed by atoms with van der Waals surface area (Å²) in [6.07, 6.45) is 0. The van der Waals surface area contributed by atoms with Gasteiger partial charge < -0.3 is 5.73 Å². The van der Waals surface area contributed by atoms with E-state index >= 15 is 0 Å². The van der Waals surface area contributed by atoms with E-state index in [0.29, 0.717) is 6.07 Å². The molecule has 0 saturated heterocycles. The SMILES string of the molecule is CC(C)(CNS(=O)(=O)c1cc(F)ccc1F)C(=N)N. The Bertz CT molecular complexity index is 600. The molecule has 0 bridgehead atoms. The molecule has 0 aliphatic rings. The molecule has 5 nitrogen and oxygen atoms in total. The van der Waals surface area contributed by atoms with Crippen molar-refractivity contribution in [1.82, 2.24) is 4.72 Å². The van der Waals surface area contributed by atoms with Gasteiger partial charge in [-0.1, -0.05) is 13.8 Å². The van der Waals surface area contributed by atoms with Gasteiger partial charge in [-0.05, 0) is 18.2 Å². The molecule has 19 heavy (non-hydrogen) atoms. The van der Waals surface area contributed by atoms with E-state index in [0.717, 1.165) is 12.1 Å². The second-order valence-corrected chi connectivity index (χ2v) is 6.43. The van der Waals surface area contributed by atoms with Gasteiger partial charge in [0, 0.05) is 12.0 Å². The van der Waals surface area contributed by atoms with Gasteiger partial charge >= 0.3 is 0 Å². The second kappa shape index (κ2) is 5.22. The smallest absolute Gasteiger partial charge is 0.243 e. The molecule has 1 aromatic carbocycles. The quantitative estimate of drug-likeness (QED) is 0.562. The third-order valence-electron chi connectivity index (χ3n) is 2.62. The predicted octanol–water partition coefficient (Wildman–Crippen LogP) is 1.21. The highest BCUT2D eigenvalue weighted by atomic mass is 32.2. The van der Waals surface area contributed by atoms with E-state index in [1.165, 1.54) is 0 Å². The Balaban J connectivity index is 3.00. The summed E-state index contributed by atoms with van der Waals surface area (Å²) in [5.74, 6) is -2.11. The molecule has 0 saturated carbocycles. The lowest BCUT2D eigenvalue weighted by Crippen LogP contribution is -2.42. The number of hydrogen-bond donors (Lipinski definition) is 3. The first-order valence-corrected chi connectivity index (χ1v) is 6.84. The first-order valence-electron chi connectivity index (χ1n) is 5.35. The van der Waals surface area contributed by atoms with Crippen molar-refractivity contribution in [2.75, 3.05) is 6.54 Å². The number of hydrogen-bond acceptors (Lipinski definition) is 3. The summed E-state index contributed by atoms with van der Waals surface area (Å²) in [6, 6.07) is 2.16. The Morgan fingerprint density at radius 1 is 1.42 bits per heavy atom. The van der Waals surface area contributed by atoms with E-state index in [9.17, 15) is 17.2 Å². The maximum atomic E-state index is 13.4. The Kier molecular flexibility index (Phi) is 4.26. The van der Waals surface area contributed by atoms with Crippen molar-refractivity contribution in [3.05, 3.63) is 29.8 Å². The van der Waals surface area contributed by atoms with Gasteiger partial charge in [-0.2, -0.15) is 0 Å². The molecule has 4 N–H and O–H groups in total. The summed E-state index contributed by atoms with van der Waals surface area (Å²) >= 11 is 0. The molecule has 0 aliphatic carbocycles. The highest BCUT2D eigenvalue weighted by Crippen LogP contribution is 2.18. The van der Waals surface area contributed by atoms with Crippen LogP contribution in [0.25, 0.3) is 0 Å². The summed E-state index contributed by atoms with van der Waals surface area (Å²) in [5, 5.41) is 7.29. The van der Waals surface area contributed by atoms with Crippen molar-refractivity contribution in [2.45, 2.75) is 18.7 Å². The summed E-state index contributed by atoms with van der Waals surface area (Å²) < 4.78 is 52.2. The first kappa shape index (κ1) is 15.5. The highest BCUT2D eigenvalue weighted by Gasteiger charge is 2.26. The van der Waals surface area contributed by atoms with Crippen LogP contribution in [0.5, 0.6) is 0 Å². The van der Waals surface area contributed by atoms with Crippen molar-refractivity contribution < 1.29 is 17.2 Å². The lowest BCUT2D eigenvalue weighted by molar-refractivity contribution is 0.489. The molecule has 0 aromatic heterocycles. The minimum absolute atomic E-state index is 0.194. The van der Waals surface area contributed by atoms with Crippen LogP contribution in [0.4, 0.5) is 8.78 Å². The molecular weight excluding hydrogens is 276 g/mol. The molecular formula is C11H15F2N3O2S. The number of rotatable bonds is 5. The van der Waals surface area contributed by atoms with Crippen molar-refractivity contribution >= 4 is 15.9 Å². The third kappa shape index (κ3) is 3.71. The number of halogens is 2. The van der Waals surface area contributed by atoms with Crippen LogP contribution in [0, 0.1) is 22.5 Å². The fourth-order valence-electron chi connectivity index (χ4n) is 1.13. The lowest BCUT2D eigenvalue weighted by Gasteiger charge is -2.23. The first-order chi connectivity index (χ1) is 8.56. The van der Waals surface area contributed by atoms with Crippen molar-refractivity contribution in [3.8, 4) is 0 Å². The lowest BCUT2D eigenvalue weighted by atomic mass is 9.93. The zero-order valence-electron chi connectivity index (χ0n) is 10.5. The van der Waals surface area contributed by atoms with Crippen LogP contribution in [-0.4, -0.2) is 20.8 Å². The monoisotopic (exact) mass is 291 g/mol. The van der Waals surface area contributed by atoms with E-state index in [4.69, 9.17) is 11.1 Å². The van der Waals surface area contributed by atoms with E-state index < -0.39 is 32.0 Å². The minimum atomic E-state index is -4.20. The molecule has 0 unspecified atom stereocenters. The molecule has 0 fully saturated rings. The number of benzene rings is 1. The maximum absolute atomic E-state index is 13.4. The Morgan fingerprint density at radius 3 is 2.53 bits per heavy atom. The fraction of sp³-hybridized carbons (Fsp3) is 0.364. The van der Waals surface area contributed by atoms with Crippen molar-refractivity contribution in [3.63, 3.8) is 0 Å². The fourth-order valence-corrected chi connectivity index (χ4v) is 2.43. The predicted molar refractivity (Wildman–Crippen MR) is 67.2 cm³/mol. The molecule has 8 heteroatoms. The van der Waals surface area contributed by atoms with Crippen molar-refractivity contribution in [1.29, 1.82) is 5.41 Å². The van der Waals surface area contributed by atoms with Crippen LogP contribution in [0.3, 0.4) is 0 Å². The van der Waals surface area contributed by atoms with Crippen LogP contribution < -0.4 is 10.5 Å². The van der Waals surface area contributed by atoms with Gasteiger partial charge in [0.2, 0.25) is 10.0 Å². The summed E-state index contributed by atoms with van der Waals surface area (Å²) in [4.78, 5) is -0.771. The van der Waals surface area contributed by atoms with Gasteiger partial charge in [-0.25, -0.2) is 21.9 Å². The zero-order chi connectivity index (χ0) is 14.8. The van der Waals surface area contributed by atoms with Gasteiger partial charge in [0.05, 0.1) is 5.84 Å². The van der Waals surface area contributed by atoms with Gasteiger partial charge in [-0.15, -0.1) is 0 Å². The topological polar surface area (TPSA) is 96.0 Å². The Morgan fingerprint density at radius 2 is 2.00 bits per heavy atom. The average molecular weight is 291 g/mol. The van der Waals surface area contributed by atoms with E-state index in [-0.39, 0.29) is 12.4 Å². The average Bonchev–Trinajstić information content (AvgIpc) is 2.30. The summed E-state index contributed by atoms with van der Waals surface area (Å²) in [6.45, 7) is 2.92. The Hall–Kier alpha value is -1.54. The van der Waals surface area contributed by atoms with Crippen LogP contribution >= 0.6 is 0 Å². The third-order valence-corrected chi connectivity index (χ3v) is 4.03. The van der Waals surface area contributed by atoms with Crippen LogP contribution in [0.2, 0.25) is 0 Å². The van der Waals surface area contributed by atoms with Crippen LogP contribution in [-0.2, 0) is 10.0 Å². The molecule has 1 aromatic rings.